The Bertz CT molecular complexity index is 1150. The van der Waals surface area contributed by atoms with E-state index in [1.54, 1.807) is 12.1 Å². The number of nitrogens with zero attached hydrogens (tertiary/aromatic N) is 4. The molecule has 1 aromatic heterocycles. The van der Waals surface area contributed by atoms with Crippen LogP contribution in [0.1, 0.15) is 29.4 Å². The van der Waals surface area contributed by atoms with E-state index in [0.717, 1.165) is 30.6 Å². The van der Waals surface area contributed by atoms with Gasteiger partial charge in [-0.1, -0.05) is 41.1 Å². The number of benzene rings is 2. The van der Waals surface area contributed by atoms with Crippen molar-refractivity contribution >= 4 is 5.91 Å². The topological polar surface area (TPSA) is 62.5 Å². The molecule has 6 nitrogen and oxygen atoms in total. The molecule has 2 fully saturated rings. The molecular weight excluding hydrogens is 407 g/mol. The molecule has 3 heterocycles. The second-order valence-corrected chi connectivity index (χ2v) is 9.31. The summed E-state index contributed by atoms with van der Waals surface area (Å²) in [6.45, 7) is 5.08. The molecular formula is C25H27FN4O2. The minimum atomic E-state index is -0.321. The van der Waals surface area contributed by atoms with Gasteiger partial charge in [0.05, 0.1) is 12.3 Å². The van der Waals surface area contributed by atoms with E-state index in [2.05, 4.69) is 17.1 Å². The van der Waals surface area contributed by atoms with Crippen molar-refractivity contribution in [2.45, 2.75) is 25.7 Å². The normalized spacial score (nSPS) is 23.3. The zero-order valence-corrected chi connectivity index (χ0v) is 18.4. The molecule has 0 bridgehead atoms. The van der Waals surface area contributed by atoms with Gasteiger partial charge in [-0.05, 0) is 50.7 Å². The molecule has 0 radical (unpaired) electrons. The molecule has 2 saturated heterocycles. The zero-order valence-electron chi connectivity index (χ0n) is 18.4. The smallest absolute Gasteiger partial charge is 0.232 e. The zero-order chi connectivity index (χ0) is 22.3. The number of halogens is 1. The number of rotatable bonds is 4. The van der Waals surface area contributed by atoms with Crippen LogP contribution in [0.2, 0.25) is 0 Å². The SMILES string of the molecule is Cc1cccc(-c2noc([C@@H]3CN(C(=O)Cc4cccc(F)c4)C[C@@]34CCN(C)C4)n2)c1. The van der Waals surface area contributed by atoms with Gasteiger partial charge in [0.15, 0.2) is 0 Å². The summed E-state index contributed by atoms with van der Waals surface area (Å²) in [4.78, 5) is 22.1. The van der Waals surface area contributed by atoms with Gasteiger partial charge in [-0.3, -0.25) is 4.79 Å². The average Bonchev–Trinajstić information content (AvgIpc) is 3.47. The number of hydrogen-bond acceptors (Lipinski definition) is 5. The van der Waals surface area contributed by atoms with Gasteiger partial charge in [-0.15, -0.1) is 0 Å². The van der Waals surface area contributed by atoms with Crippen molar-refractivity contribution in [3.05, 3.63) is 71.4 Å². The number of carbonyl (C=O) groups excluding carboxylic acids is 1. The maximum absolute atomic E-state index is 13.6. The van der Waals surface area contributed by atoms with Crippen LogP contribution in [0.25, 0.3) is 11.4 Å². The van der Waals surface area contributed by atoms with Crippen molar-refractivity contribution in [2.24, 2.45) is 5.41 Å². The van der Waals surface area contributed by atoms with Gasteiger partial charge in [-0.25, -0.2) is 4.39 Å². The molecule has 166 valence electrons. The van der Waals surface area contributed by atoms with Gasteiger partial charge in [0.25, 0.3) is 0 Å². The highest BCUT2D eigenvalue weighted by Gasteiger charge is 2.53. The van der Waals surface area contributed by atoms with Crippen LogP contribution < -0.4 is 0 Å². The van der Waals surface area contributed by atoms with Gasteiger partial charge in [0, 0.05) is 30.6 Å². The molecule has 0 N–H and O–H groups in total. The molecule has 2 aliphatic heterocycles. The first-order chi connectivity index (χ1) is 15.4. The van der Waals surface area contributed by atoms with Crippen molar-refractivity contribution in [1.82, 2.24) is 19.9 Å². The summed E-state index contributed by atoms with van der Waals surface area (Å²) in [5, 5.41) is 4.25. The highest BCUT2D eigenvalue weighted by Crippen LogP contribution is 2.48. The minimum Gasteiger partial charge on any atom is -0.341 e. The maximum atomic E-state index is 13.6. The third kappa shape index (κ3) is 3.93. The Hall–Kier alpha value is -3.06. The standard InChI is InChI=1S/C25H27FN4O2/c1-17-5-3-7-19(11-17)23-27-24(32-28-23)21-14-30(16-25(21)9-10-29(2)15-25)22(31)13-18-6-4-8-20(26)12-18/h3-8,11-12,21H,9-10,13-16H2,1-2H3/t21-,25-/m0/s1. The van der Waals surface area contributed by atoms with Gasteiger partial charge >= 0.3 is 0 Å². The molecule has 7 heteroatoms. The van der Waals surface area contributed by atoms with Crippen molar-refractivity contribution < 1.29 is 13.7 Å². The summed E-state index contributed by atoms with van der Waals surface area (Å²) in [5.74, 6) is 0.839. The Morgan fingerprint density at radius 3 is 2.81 bits per heavy atom. The van der Waals surface area contributed by atoms with Gasteiger partial charge < -0.3 is 14.3 Å². The minimum absolute atomic E-state index is 0.00505. The van der Waals surface area contributed by atoms with E-state index in [4.69, 9.17) is 9.51 Å². The summed E-state index contributed by atoms with van der Waals surface area (Å²) in [6.07, 6.45) is 1.16. The third-order valence-corrected chi connectivity index (χ3v) is 6.84. The summed E-state index contributed by atoms with van der Waals surface area (Å²) in [5.41, 5.74) is 2.64. The molecule has 3 aromatic rings. The van der Waals surface area contributed by atoms with E-state index >= 15 is 0 Å². The van der Waals surface area contributed by atoms with Crippen LogP contribution in [-0.2, 0) is 11.2 Å². The number of hydrogen-bond donors (Lipinski definition) is 0. The highest BCUT2D eigenvalue weighted by atomic mass is 19.1. The Labute approximate surface area is 187 Å². The van der Waals surface area contributed by atoms with Gasteiger partial charge in [-0.2, -0.15) is 4.98 Å². The molecule has 1 spiro atoms. The Balaban J connectivity index is 1.40. The first-order valence-corrected chi connectivity index (χ1v) is 11.0. The summed E-state index contributed by atoms with van der Waals surface area (Å²) < 4.78 is 19.3. The average molecular weight is 435 g/mol. The van der Waals surface area contributed by atoms with E-state index in [9.17, 15) is 9.18 Å². The highest BCUT2D eigenvalue weighted by molar-refractivity contribution is 5.79. The fraction of sp³-hybridized carbons (Fsp3) is 0.400. The predicted molar refractivity (Wildman–Crippen MR) is 118 cm³/mol. The maximum Gasteiger partial charge on any atom is 0.232 e. The fourth-order valence-electron chi connectivity index (χ4n) is 5.23. The van der Waals surface area contributed by atoms with Crippen molar-refractivity contribution in [3.63, 3.8) is 0 Å². The van der Waals surface area contributed by atoms with E-state index < -0.39 is 0 Å². The van der Waals surface area contributed by atoms with E-state index in [1.807, 2.05) is 36.1 Å². The van der Waals surface area contributed by atoms with E-state index in [0.29, 0.717) is 30.4 Å². The Kier molecular flexibility index (Phi) is 5.29. The molecule has 0 saturated carbocycles. The van der Waals surface area contributed by atoms with Crippen LogP contribution >= 0.6 is 0 Å². The quantitative estimate of drug-likeness (QED) is 0.627. The van der Waals surface area contributed by atoms with E-state index in [1.165, 1.54) is 12.1 Å². The second-order valence-electron chi connectivity index (χ2n) is 9.31. The lowest BCUT2D eigenvalue weighted by atomic mass is 9.77. The molecule has 0 aliphatic carbocycles. The molecule has 5 rings (SSSR count). The molecule has 0 unspecified atom stereocenters. The summed E-state index contributed by atoms with van der Waals surface area (Å²) >= 11 is 0. The van der Waals surface area contributed by atoms with Crippen LogP contribution in [0.3, 0.4) is 0 Å². The van der Waals surface area contributed by atoms with Crippen LogP contribution in [0.5, 0.6) is 0 Å². The number of aryl methyl sites for hydroxylation is 1. The molecule has 1 amide bonds. The van der Waals surface area contributed by atoms with Gasteiger partial charge in [0.2, 0.25) is 17.6 Å². The first kappa shape index (κ1) is 20.8. The lowest BCUT2D eigenvalue weighted by molar-refractivity contribution is -0.129. The van der Waals surface area contributed by atoms with Crippen molar-refractivity contribution in [1.29, 1.82) is 0 Å². The molecule has 2 aliphatic rings. The number of amides is 1. The summed E-state index contributed by atoms with van der Waals surface area (Å²) in [7, 11) is 2.11. The van der Waals surface area contributed by atoms with Gasteiger partial charge in [0.1, 0.15) is 5.82 Å². The molecule has 2 atom stereocenters. The Morgan fingerprint density at radius 1 is 1.22 bits per heavy atom. The fourth-order valence-corrected chi connectivity index (χ4v) is 5.23. The van der Waals surface area contributed by atoms with Crippen LogP contribution in [0.4, 0.5) is 4.39 Å². The number of aromatic nitrogens is 2. The molecule has 32 heavy (non-hydrogen) atoms. The number of carbonyl (C=O) groups is 1. The van der Waals surface area contributed by atoms with Crippen LogP contribution in [0.15, 0.2) is 53.1 Å². The summed E-state index contributed by atoms with van der Waals surface area (Å²) in [6, 6.07) is 14.3. The van der Waals surface area contributed by atoms with E-state index in [-0.39, 0.29) is 29.5 Å². The monoisotopic (exact) mass is 434 g/mol. The molecule has 2 aromatic carbocycles. The third-order valence-electron chi connectivity index (χ3n) is 6.84. The second kappa shape index (κ2) is 8.13. The van der Waals surface area contributed by atoms with Crippen molar-refractivity contribution in [3.8, 4) is 11.4 Å². The first-order valence-electron chi connectivity index (χ1n) is 11.0. The lowest BCUT2D eigenvalue weighted by Gasteiger charge is -2.27. The Morgan fingerprint density at radius 2 is 2.06 bits per heavy atom. The predicted octanol–water partition coefficient (Wildman–Crippen LogP) is 3.67. The largest absolute Gasteiger partial charge is 0.341 e. The van der Waals surface area contributed by atoms with Crippen LogP contribution in [-0.4, -0.2) is 59.1 Å². The van der Waals surface area contributed by atoms with Crippen LogP contribution in [0, 0.1) is 18.2 Å². The lowest BCUT2D eigenvalue weighted by Crippen LogP contribution is -2.35. The van der Waals surface area contributed by atoms with Crippen molar-refractivity contribution in [2.75, 3.05) is 33.2 Å². The number of likely N-dealkylation sites (tertiary alicyclic amines) is 2.